The van der Waals surface area contributed by atoms with Crippen LogP contribution in [0.3, 0.4) is 0 Å². The average Bonchev–Trinajstić information content (AvgIpc) is 2.39. The molecule has 0 amide bonds. The van der Waals surface area contributed by atoms with Gasteiger partial charge in [-0.25, -0.2) is 0 Å². The van der Waals surface area contributed by atoms with Gasteiger partial charge in [0.2, 0.25) is 0 Å². The van der Waals surface area contributed by atoms with Crippen molar-refractivity contribution in [2.45, 2.75) is 44.3 Å². The number of hydrogen-bond donors (Lipinski definition) is 2. The predicted molar refractivity (Wildman–Crippen MR) is 64.0 cm³/mol. The molecule has 16 heavy (non-hydrogen) atoms. The summed E-state index contributed by atoms with van der Waals surface area (Å²) in [7, 11) is 0. The molecule has 0 heterocycles. The van der Waals surface area contributed by atoms with Crippen LogP contribution in [-0.4, -0.2) is 16.3 Å². The Morgan fingerprint density at radius 3 is 2.19 bits per heavy atom. The van der Waals surface area contributed by atoms with Crippen molar-refractivity contribution in [2.75, 3.05) is 0 Å². The first-order valence-electron chi connectivity index (χ1n) is 6.20. The second-order valence-electron chi connectivity index (χ2n) is 4.74. The first-order valence-corrected chi connectivity index (χ1v) is 6.20. The first kappa shape index (κ1) is 11.6. The van der Waals surface area contributed by atoms with Gasteiger partial charge < -0.3 is 10.2 Å². The van der Waals surface area contributed by atoms with Crippen LogP contribution in [0.4, 0.5) is 0 Å². The minimum absolute atomic E-state index is 0.268. The quantitative estimate of drug-likeness (QED) is 0.822. The molecule has 1 aromatic rings. The molecule has 2 N–H and O–H groups in total. The highest BCUT2D eigenvalue weighted by atomic mass is 16.3. The molecule has 1 fully saturated rings. The molecule has 1 aliphatic carbocycles. The van der Waals surface area contributed by atoms with Crippen molar-refractivity contribution in [1.29, 1.82) is 0 Å². The SMILES string of the molecule is O[C@H](c1ccccc1)[C@H](O)C1CCCCC1. The maximum atomic E-state index is 10.1. The monoisotopic (exact) mass is 220 g/mol. The van der Waals surface area contributed by atoms with Crippen molar-refractivity contribution in [3.63, 3.8) is 0 Å². The minimum atomic E-state index is -0.732. The van der Waals surface area contributed by atoms with E-state index in [1.807, 2.05) is 30.3 Å². The molecule has 88 valence electrons. The number of hydrogen-bond acceptors (Lipinski definition) is 2. The van der Waals surface area contributed by atoms with Crippen molar-refractivity contribution in [1.82, 2.24) is 0 Å². The third kappa shape index (κ3) is 2.63. The van der Waals surface area contributed by atoms with Gasteiger partial charge in [-0.05, 0) is 24.3 Å². The van der Waals surface area contributed by atoms with Gasteiger partial charge in [0, 0.05) is 0 Å². The van der Waals surface area contributed by atoms with E-state index in [9.17, 15) is 10.2 Å². The van der Waals surface area contributed by atoms with E-state index in [0.717, 1.165) is 18.4 Å². The lowest BCUT2D eigenvalue weighted by Gasteiger charge is -2.29. The second kappa shape index (κ2) is 5.46. The normalized spacial score (nSPS) is 21.6. The van der Waals surface area contributed by atoms with Gasteiger partial charge in [-0.2, -0.15) is 0 Å². The highest BCUT2D eigenvalue weighted by molar-refractivity contribution is 5.18. The molecule has 0 unspecified atom stereocenters. The smallest absolute Gasteiger partial charge is 0.105 e. The number of aliphatic hydroxyl groups excluding tert-OH is 2. The summed E-state index contributed by atoms with van der Waals surface area (Å²) < 4.78 is 0. The largest absolute Gasteiger partial charge is 0.390 e. The Hall–Kier alpha value is -0.860. The van der Waals surface area contributed by atoms with E-state index in [1.165, 1.54) is 19.3 Å². The van der Waals surface area contributed by atoms with Gasteiger partial charge in [-0.3, -0.25) is 0 Å². The van der Waals surface area contributed by atoms with Crippen molar-refractivity contribution >= 4 is 0 Å². The van der Waals surface area contributed by atoms with Gasteiger partial charge in [0.1, 0.15) is 6.10 Å². The lowest BCUT2D eigenvalue weighted by atomic mass is 9.82. The van der Waals surface area contributed by atoms with E-state index in [1.54, 1.807) is 0 Å². The van der Waals surface area contributed by atoms with Gasteiger partial charge >= 0.3 is 0 Å². The van der Waals surface area contributed by atoms with E-state index in [0.29, 0.717) is 0 Å². The van der Waals surface area contributed by atoms with Crippen molar-refractivity contribution < 1.29 is 10.2 Å². The fourth-order valence-corrected chi connectivity index (χ4v) is 2.58. The van der Waals surface area contributed by atoms with Crippen molar-refractivity contribution in [3.8, 4) is 0 Å². The fourth-order valence-electron chi connectivity index (χ4n) is 2.58. The molecule has 2 atom stereocenters. The highest BCUT2D eigenvalue weighted by Crippen LogP contribution is 2.32. The van der Waals surface area contributed by atoms with Crippen LogP contribution in [-0.2, 0) is 0 Å². The zero-order chi connectivity index (χ0) is 11.4. The van der Waals surface area contributed by atoms with E-state index in [4.69, 9.17) is 0 Å². The maximum Gasteiger partial charge on any atom is 0.105 e. The van der Waals surface area contributed by atoms with E-state index in [2.05, 4.69) is 0 Å². The topological polar surface area (TPSA) is 40.5 Å². The lowest BCUT2D eigenvalue weighted by molar-refractivity contribution is -0.0285. The van der Waals surface area contributed by atoms with Crippen LogP contribution >= 0.6 is 0 Å². The minimum Gasteiger partial charge on any atom is -0.390 e. The van der Waals surface area contributed by atoms with Crippen LogP contribution < -0.4 is 0 Å². The molecule has 0 aliphatic heterocycles. The van der Waals surface area contributed by atoms with Crippen LogP contribution in [0.25, 0.3) is 0 Å². The Morgan fingerprint density at radius 2 is 1.56 bits per heavy atom. The van der Waals surface area contributed by atoms with Crippen LogP contribution in [0.2, 0.25) is 0 Å². The molecule has 1 aliphatic rings. The maximum absolute atomic E-state index is 10.1. The molecule has 2 rings (SSSR count). The average molecular weight is 220 g/mol. The Bertz CT molecular complexity index is 304. The standard InChI is InChI=1S/C14H20O2/c15-13(11-7-3-1-4-8-11)14(16)12-9-5-2-6-10-12/h1,3-4,7-8,12-16H,2,5-6,9-10H2/t13-,14-/m1/s1. The number of aliphatic hydroxyl groups is 2. The lowest BCUT2D eigenvalue weighted by Crippen LogP contribution is -2.29. The van der Waals surface area contributed by atoms with E-state index >= 15 is 0 Å². The van der Waals surface area contributed by atoms with Gasteiger partial charge in [-0.1, -0.05) is 49.6 Å². The van der Waals surface area contributed by atoms with Gasteiger partial charge in [0.25, 0.3) is 0 Å². The van der Waals surface area contributed by atoms with Gasteiger partial charge in [-0.15, -0.1) is 0 Å². The van der Waals surface area contributed by atoms with Crippen molar-refractivity contribution in [2.24, 2.45) is 5.92 Å². The molecular formula is C14H20O2. The second-order valence-corrected chi connectivity index (χ2v) is 4.74. The number of benzene rings is 1. The molecule has 0 bridgehead atoms. The fraction of sp³-hybridized carbons (Fsp3) is 0.571. The zero-order valence-corrected chi connectivity index (χ0v) is 9.55. The predicted octanol–water partition coefficient (Wildman–Crippen LogP) is 2.66. The zero-order valence-electron chi connectivity index (χ0n) is 9.55. The summed E-state index contributed by atoms with van der Waals surface area (Å²) in [6.45, 7) is 0. The highest BCUT2D eigenvalue weighted by Gasteiger charge is 2.28. The summed E-state index contributed by atoms with van der Waals surface area (Å²) in [4.78, 5) is 0. The van der Waals surface area contributed by atoms with Crippen LogP contribution in [0.5, 0.6) is 0 Å². The van der Waals surface area contributed by atoms with E-state index < -0.39 is 12.2 Å². The van der Waals surface area contributed by atoms with Gasteiger partial charge in [0.15, 0.2) is 0 Å². The molecule has 0 aromatic heterocycles. The molecule has 1 aromatic carbocycles. The third-order valence-electron chi connectivity index (χ3n) is 3.60. The Labute approximate surface area is 96.9 Å². The third-order valence-corrected chi connectivity index (χ3v) is 3.60. The molecule has 2 nitrogen and oxygen atoms in total. The molecular weight excluding hydrogens is 200 g/mol. The summed E-state index contributed by atoms with van der Waals surface area (Å²) in [5.74, 6) is 0.268. The first-order chi connectivity index (χ1) is 7.79. The summed E-state index contributed by atoms with van der Waals surface area (Å²) in [5, 5.41) is 20.2. The summed E-state index contributed by atoms with van der Waals surface area (Å²) in [6.07, 6.45) is 4.39. The molecule has 0 saturated heterocycles. The molecule has 0 spiro atoms. The number of rotatable bonds is 3. The van der Waals surface area contributed by atoms with Crippen LogP contribution in [0, 0.1) is 5.92 Å². The Morgan fingerprint density at radius 1 is 0.938 bits per heavy atom. The van der Waals surface area contributed by atoms with Crippen LogP contribution in [0.1, 0.15) is 43.8 Å². The molecule has 0 radical (unpaired) electrons. The molecule has 1 saturated carbocycles. The summed E-state index contributed by atoms with van der Waals surface area (Å²) in [5.41, 5.74) is 0.820. The summed E-state index contributed by atoms with van der Waals surface area (Å²) in [6, 6.07) is 9.45. The van der Waals surface area contributed by atoms with Crippen LogP contribution in [0.15, 0.2) is 30.3 Å². The van der Waals surface area contributed by atoms with Crippen molar-refractivity contribution in [3.05, 3.63) is 35.9 Å². The molecule has 2 heteroatoms. The Kier molecular flexibility index (Phi) is 3.97. The van der Waals surface area contributed by atoms with Gasteiger partial charge in [0.05, 0.1) is 6.10 Å². The Balaban J connectivity index is 2.00. The summed E-state index contributed by atoms with van der Waals surface area (Å²) >= 11 is 0. The van der Waals surface area contributed by atoms with E-state index in [-0.39, 0.29) is 5.92 Å².